The van der Waals surface area contributed by atoms with Gasteiger partial charge in [0.15, 0.2) is 0 Å². The number of nitrogens with zero attached hydrogens (tertiary/aromatic N) is 1. The standard InChI is InChI=1S/C18H17BrN2O4S/c1-4-10(19)15(22)21-16-14(13(9(2)25-16)18(23)24-3)17-20-11-7-5-6-8-12(11)26-17/h5-8,10H,4H2,1-3H3,(H,21,22). The number of anilines is 1. The van der Waals surface area contributed by atoms with Crippen molar-refractivity contribution in [1.82, 2.24) is 4.98 Å². The van der Waals surface area contributed by atoms with E-state index >= 15 is 0 Å². The zero-order chi connectivity index (χ0) is 18.8. The number of fused-ring (bicyclic) bond motifs is 1. The molecule has 1 unspecified atom stereocenters. The molecule has 3 aromatic rings. The Kier molecular flexibility index (Phi) is 5.43. The number of esters is 1. The highest BCUT2D eigenvalue weighted by atomic mass is 79.9. The Hall–Kier alpha value is -2.19. The van der Waals surface area contributed by atoms with Crippen LogP contribution < -0.4 is 5.32 Å². The van der Waals surface area contributed by atoms with Gasteiger partial charge in [-0.05, 0) is 25.5 Å². The molecule has 0 radical (unpaired) electrons. The number of benzene rings is 1. The van der Waals surface area contributed by atoms with Gasteiger partial charge < -0.3 is 9.15 Å². The minimum absolute atomic E-state index is 0.199. The zero-order valence-electron chi connectivity index (χ0n) is 14.5. The molecule has 1 N–H and O–H groups in total. The number of aromatic nitrogens is 1. The molecule has 0 aliphatic heterocycles. The van der Waals surface area contributed by atoms with Crippen LogP contribution in [0.1, 0.15) is 29.5 Å². The van der Waals surface area contributed by atoms with Gasteiger partial charge in [-0.2, -0.15) is 0 Å². The molecule has 0 spiro atoms. The van der Waals surface area contributed by atoms with Crippen LogP contribution in [0.5, 0.6) is 0 Å². The second kappa shape index (κ2) is 7.59. The van der Waals surface area contributed by atoms with E-state index in [-0.39, 0.29) is 22.2 Å². The van der Waals surface area contributed by atoms with Crippen LogP contribution in [0.4, 0.5) is 5.88 Å². The van der Waals surface area contributed by atoms with Crippen molar-refractivity contribution < 1.29 is 18.7 Å². The number of nitrogens with one attached hydrogen (secondary N) is 1. The van der Waals surface area contributed by atoms with Crippen LogP contribution in [0.15, 0.2) is 28.7 Å². The summed E-state index contributed by atoms with van der Waals surface area (Å²) >= 11 is 4.74. The summed E-state index contributed by atoms with van der Waals surface area (Å²) in [6.07, 6.45) is 0.617. The summed E-state index contributed by atoms with van der Waals surface area (Å²) in [5.74, 6) is -0.221. The lowest BCUT2D eigenvalue weighted by molar-refractivity contribution is -0.115. The number of amides is 1. The van der Waals surface area contributed by atoms with Gasteiger partial charge in [0.2, 0.25) is 11.8 Å². The van der Waals surface area contributed by atoms with Crippen molar-refractivity contribution in [3.63, 3.8) is 0 Å². The summed E-state index contributed by atoms with van der Waals surface area (Å²) in [5.41, 5.74) is 1.52. The number of aryl methyl sites for hydroxylation is 1. The maximum atomic E-state index is 12.3. The lowest BCUT2D eigenvalue weighted by Crippen LogP contribution is -2.22. The lowest BCUT2D eigenvalue weighted by atomic mass is 10.1. The number of carbonyl (C=O) groups is 2. The molecule has 2 heterocycles. The van der Waals surface area contributed by atoms with Gasteiger partial charge in [-0.15, -0.1) is 11.3 Å². The quantitative estimate of drug-likeness (QED) is 0.460. The lowest BCUT2D eigenvalue weighted by Gasteiger charge is -2.07. The summed E-state index contributed by atoms with van der Waals surface area (Å²) in [6, 6.07) is 7.66. The van der Waals surface area contributed by atoms with Crippen LogP contribution in [-0.2, 0) is 9.53 Å². The van der Waals surface area contributed by atoms with E-state index in [9.17, 15) is 9.59 Å². The first-order valence-electron chi connectivity index (χ1n) is 7.98. The first-order chi connectivity index (χ1) is 12.5. The predicted molar refractivity (Wildman–Crippen MR) is 105 cm³/mol. The molecule has 0 aliphatic rings. The second-order valence-electron chi connectivity index (χ2n) is 5.58. The van der Waals surface area contributed by atoms with E-state index in [2.05, 4.69) is 26.2 Å². The average molecular weight is 437 g/mol. The van der Waals surface area contributed by atoms with E-state index in [0.717, 1.165) is 10.2 Å². The van der Waals surface area contributed by atoms with Gasteiger partial charge in [-0.3, -0.25) is 10.1 Å². The molecule has 0 fully saturated rings. The third-order valence-electron chi connectivity index (χ3n) is 3.86. The fourth-order valence-electron chi connectivity index (χ4n) is 2.54. The van der Waals surface area contributed by atoms with Crippen molar-refractivity contribution in [2.24, 2.45) is 0 Å². The molecule has 1 aromatic carbocycles. The maximum absolute atomic E-state index is 12.3. The summed E-state index contributed by atoms with van der Waals surface area (Å²) in [6.45, 7) is 3.55. The molecule has 3 rings (SSSR count). The zero-order valence-corrected chi connectivity index (χ0v) is 16.9. The Morgan fingerprint density at radius 3 is 2.77 bits per heavy atom. The van der Waals surface area contributed by atoms with Crippen LogP contribution >= 0.6 is 27.3 Å². The van der Waals surface area contributed by atoms with Crippen LogP contribution in [0.25, 0.3) is 20.8 Å². The molecule has 0 bridgehead atoms. The Balaban J connectivity index is 2.16. The number of alkyl halides is 1. The number of halogens is 1. The molecule has 1 amide bonds. The monoisotopic (exact) mass is 436 g/mol. The molecule has 26 heavy (non-hydrogen) atoms. The molecule has 0 saturated heterocycles. The number of ether oxygens (including phenoxy) is 1. The van der Waals surface area contributed by atoms with E-state index in [0.29, 0.717) is 22.8 Å². The number of furan rings is 1. The van der Waals surface area contributed by atoms with E-state index in [1.165, 1.54) is 18.4 Å². The summed E-state index contributed by atoms with van der Waals surface area (Å²) in [4.78, 5) is 28.8. The third kappa shape index (κ3) is 3.39. The maximum Gasteiger partial charge on any atom is 0.342 e. The van der Waals surface area contributed by atoms with Crippen molar-refractivity contribution in [3.8, 4) is 10.6 Å². The third-order valence-corrected chi connectivity index (χ3v) is 5.98. The summed E-state index contributed by atoms with van der Waals surface area (Å²) < 4.78 is 11.6. The molecule has 1 atom stereocenters. The normalized spacial score (nSPS) is 12.2. The number of hydrogen-bond acceptors (Lipinski definition) is 6. The molecule has 0 saturated carbocycles. The van der Waals surface area contributed by atoms with Gasteiger partial charge in [0.05, 0.1) is 27.7 Å². The molecule has 2 aromatic heterocycles. The van der Waals surface area contributed by atoms with Crippen molar-refractivity contribution in [3.05, 3.63) is 35.6 Å². The van der Waals surface area contributed by atoms with Gasteiger partial charge >= 0.3 is 5.97 Å². The van der Waals surface area contributed by atoms with Gasteiger partial charge in [-0.25, -0.2) is 9.78 Å². The highest BCUT2D eigenvalue weighted by molar-refractivity contribution is 9.10. The van der Waals surface area contributed by atoms with Crippen molar-refractivity contribution in [1.29, 1.82) is 0 Å². The number of rotatable bonds is 5. The molecule has 0 aliphatic carbocycles. The largest absolute Gasteiger partial charge is 0.465 e. The molecule has 6 nitrogen and oxygen atoms in total. The van der Waals surface area contributed by atoms with Gasteiger partial charge in [0, 0.05) is 0 Å². The fraction of sp³-hybridized carbons (Fsp3) is 0.278. The highest BCUT2D eigenvalue weighted by Gasteiger charge is 2.29. The summed E-state index contributed by atoms with van der Waals surface area (Å²) in [5, 5.41) is 3.34. The molecule has 8 heteroatoms. The molecular formula is C18H17BrN2O4S. The van der Waals surface area contributed by atoms with Gasteiger partial charge in [0.1, 0.15) is 16.3 Å². The molecular weight excluding hydrogens is 420 g/mol. The van der Waals surface area contributed by atoms with Crippen LogP contribution in [-0.4, -0.2) is 28.8 Å². The van der Waals surface area contributed by atoms with Crippen LogP contribution in [0.3, 0.4) is 0 Å². The number of para-hydroxylation sites is 1. The van der Waals surface area contributed by atoms with Crippen molar-refractivity contribution >= 4 is 55.2 Å². The minimum atomic E-state index is -0.535. The van der Waals surface area contributed by atoms with Crippen molar-refractivity contribution in [2.75, 3.05) is 12.4 Å². The van der Waals surface area contributed by atoms with E-state index < -0.39 is 5.97 Å². The predicted octanol–water partition coefficient (Wildman–Crippen LogP) is 4.76. The second-order valence-corrected chi connectivity index (χ2v) is 7.72. The Morgan fingerprint density at radius 2 is 2.12 bits per heavy atom. The van der Waals surface area contributed by atoms with Crippen molar-refractivity contribution in [2.45, 2.75) is 25.1 Å². The highest BCUT2D eigenvalue weighted by Crippen LogP contribution is 2.40. The van der Waals surface area contributed by atoms with Crippen LogP contribution in [0.2, 0.25) is 0 Å². The Morgan fingerprint density at radius 1 is 1.38 bits per heavy atom. The fourth-order valence-corrected chi connectivity index (χ4v) is 3.67. The Bertz CT molecular complexity index is 946. The SMILES string of the molecule is CCC(Br)C(=O)Nc1oc(C)c(C(=O)OC)c1-c1nc2ccccc2s1. The number of thiazole rings is 1. The number of methoxy groups -OCH3 is 1. The average Bonchev–Trinajstić information content (AvgIpc) is 3.20. The van der Waals surface area contributed by atoms with E-state index in [4.69, 9.17) is 9.15 Å². The first kappa shape index (κ1) is 18.6. The van der Waals surface area contributed by atoms with E-state index in [1.807, 2.05) is 31.2 Å². The smallest absolute Gasteiger partial charge is 0.342 e. The topological polar surface area (TPSA) is 81.4 Å². The number of hydrogen-bond donors (Lipinski definition) is 1. The Labute approximate surface area is 162 Å². The summed E-state index contributed by atoms with van der Waals surface area (Å²) in [7, 11) is 1.31. The molecule has 136 valence electrons. The van der Waals surface area contributed by atoms with E-state index in [1.54, 1.807) is 6.92 Å². The van der Waals surface area contributed by atoms with Crippen LogP contribution in [0, 0.1) is 6.92 Å². The minimum Gasteiger partial charge on any atom is -0.465 e. The first-order valence-corrected chi connectivity index (χ1v) is 9.72. The van der Waals surface area contributed by atoms with Gasteiger partial charge in [0.25, 0.3) is 0 Å². The van der Waals surface area contributed by atoms with Gasteiger partial charge in [-0.1, -0.05) is 35.0 Å². The number of carbonyl (C=O) groups excluding carboxylic acids is 2.